The maximum atomic E-state index is 14.3. The van der Waals surface area contributed by atoms with Crippen LogP contribution in [-0.4, -0.2) is 63.4 Å². The molecule has 3 heterocycles. The molecular weight excluding hydrogens is 547 g/mol. The number of benzene rings is 2. The Morgan fingerprint density at radius 3 is 2.63 bits per heavy atom. The summed E-state index contributed by atoms with van der Waals surface area (Å²) in [7, 11) is 0. The number of aromatic nitrogens is 2. The van der Waals surface area contributed by atoms with Gasteiger partial charge in [-0.25, -0.2) is 4.39 Å². The van der Waals surface area contributed by atoms with E-state index >= 15 is 0 Å². The van der Waals surface area contributed by atoms with Crippen molar-refractivity contribution in [1.29, 1.82) is 0 Å². The van der Waals surface area contributed by atoms with Crippen LogP contribution in [0, 0.1) is 18.7 Å². The standard InChI is InChI=1S/C34H43FN4O4/c1-4-7-26(8-5-2)39(27-10-11-29(35)23(3)19-27)32(40)22-37-21-28(24-9-12-31-25(20-24)14-18-43-31)33(34(41)42)30(37)13-17-38-16-6-15-36-38/h6,9-12,15-16,19-20,26,28,30,33H,4-5,7-8,13-14,17-18,21-22H2,1-3H3,(H,41,42)/t28?,30-,33+/m1/s1. The molecule has 0 radical (unpaired) electrons. The molecule has 230 valence electrons. The van der Waals surface area contributed by atoms with Crippen molar-refractivity contribution in [3.63, 3.8) is 0 Å². The van der Waals surface area contributed by atoms with Crippen molar-refractivity contribution in [2.45, 2.75) is 83.8 Å². The van der Waals surface area contributed by atoms with E-state index in [1.807, 2.05) is 34.0 Å². The first-order valence-corrected chi connectivity index (χ1v) is 15.6. The number of carboxylic acid groups (broad SMARTS) is 1. The zero-order valence-corrected chi connectivity index (χ0v) is 25.4. The Labute approximate surface area is 253 Å². The number of likely N-dealkylation sites (tertiary alicyclic amines) is 1. The Kier molecular flexibility index (Phi) is 9.80. The maximum Gasteiger partial charge on any atom is 0.308 e. The minimum absolute atomic E-state index is 0.0275. The lowest BCUT2D eigenvalue weighted by molar-refractivity contribution is -0.143. The first kappa shape index (κ1) is 30.7. The second-order valence-corrected chi connectivity index (χ2v) is 11.9. The number of carboxylic acids is 1. The summed E-state index contributed by atoms with van der Waals surface area (Å²) in [4.78, 5) is 31.2. The van der Waals surface area contributed by atoms with E-state index in [-0.39, 0.29) is 36.3 Å². The lowest BCUT2D eigenvalue weighted by Gasteiger charge is -2.35. The molecule has 3 atom stereocenters. The summed E-state index contributed by atoms with van der Waals surface area (Å²) >= 11 is 0. The number of ether oxygens (including phenoxy) is 1. The number of carbonyl (C=O) groups is 2. The fourth-order valence-electron chi connectivity index (χ4n) is 6.98. The molecule has 1 fully saturated rings. The zero-order valence-electron chi connectivity index (χ0n) is 25.4. The lowest BCUT2D eigenvalue weighted by Crippen LogP contribution is -2.48. The second kappa shape index (κ2) is 13.7. The van der Waals surface area contributed by atoms with Gasteiger partial charge < -0.3 is 14.7 Å². The molecule has 8 nitrogen and oxygen atoms in total. The van der Waals surface area contributed by atoms with E-state index in [1.165, 1.54) is 6.07 Å². The fourth-order valence-corrected chi connectivity index (χ4v) is 6.98. The molecule has 2 aliphatic rings. The molecule has 43 heavy (non-hydrogen) atoms. The number of aliphatic carboxylic acids is 1. The molecule has 1 N–H and O–H groups in total. The van der Waals surface area contributed by atoms with E-state index in [4.69, 9.17) is 4.74 Å². The van der Waals surface area contributed by atoms with Crippen LogP contribution in [0.5, 0.6) is 5.75 Å². The van der Waals surface area contributed by atoms with E-state index in [0.717, 1.165) is 49.0 Å². The number of carbonyl (C=O) groups excluding carboxylic acids is 1. The van der Waals surface area contributed by atoms with Gasteiger partial charge in [-0.2, -0.15) is 5.10 Å². The molecule has 1 amide bonds. The lowest BCUT2D eigenvalue weighted by atomic mass is 9.83. The molecule has 2 aromatic carbocycles. The average molecular weight is 591 g/mol. The predicted octanol–water partition coefficient (Wildman–Crippen LogP) is 5.83. The summed E-state index contributed by atoms with van der Waals surface area (Å²) in [5.74, 6) is -1.35. The quantitative estimate of drug-likeness (QED) is 0.270. The second-order valence-electron chi connectivity index (χ2n) is 11.9. The minimum Gasteiger partial charge on any atom is -0.493 e. The largest absolute Gasteiger partial charge is 0.493 e. The van der Waals surface area contributed by atoms with Crippen LogP contribution in [0.1, 0.15) is 68.6 Å². The van der Waals surface area contributed by atoms with Gasteiger partial charge in [0.15, 0.2) is 0 Å². The zero-order chi connectivity index (χ0) is 30.5. The number of anilines is 1. The van der Waals surface area contributed by atoms with Gasteiger partial charge in [0.05, 0.1) is 19.1 Å². The van der Waals surface area contributed by atoms with Crippen LogP contribution in [0.3, 0.4) is 0 Å². The van der Waals surface area contributed by atoms with Crippen LogP contribution < -0.4 is 9.64 Å². The highest BCUT2D eigenvalue weighted by atomic mass is 19.1. The monoisotopic (exact) mass is 590 g/mol. The number of nitrogens with zero attached hydrogens (tertiary/aromatic N) is 4. The number of rotatable bonds is 13. The summed E-state index contributed by atoms with van der Waals surface area (Å²) in [6.45, 7) is 7.65. The molecule has 1 aromatic heterocycles. The van der Waals surface area contributed by atoms with Crippen LogP contribution in [0.15, 0.2) is 54.9 Å². The molecule has 0 bridgehead atoms. The van der Waals surface area contributed by atoms with Crippen LogP contribution in [-0.2, 0) is 22.6 Å². The highest BCUT2D eigenvalue weighted by Crippen LogP contribution is 2.41. The summed E-state index contributed by atoms with van der Waals surface area (Å²) in [6, 6.07) is 12.3. The van der Waals surface area contributed by atoms with E-state index in [9.17, 15) is 19.1 Å². The van der Waals surface area contributed by atoms with Crippen LogP contribution in [0.25, 0.3) is 0 Å². The highest BCUT2D eigenvalue weighted by Gasteiger charge is 2.47. The molecule has 1 saturated heterocycles. The molecule has 9 heteroatoms. The summed E-state index contributed by atoms with van der Waals surface area (Å²) in [5.41, 5.74) is 3.25. The first-order chi connectivity index (χ1) is 20.8. The van der Waals surface area contributed by atoms with Gasteiger partial charge in [0, 0.05) is 55.6 Å². The van der Waals surface area contributed by atoms with Crippen LogP contribution in [0.4, 0.5) is 10.1 Å². The molecule has 0 saturated carbocycles. The SMILES string of the molecule is CCCC(CCC)N(C(=O)CN1CC(c2ccc3c(c2)CCO3)[C@H](C(=O)O)[C@H]1CCn1cccn1)c1ccc(F)c(C)c1. The van der Waals surface area contributed by atoms with Crippen molar-refractivity contribution >= 4 is 17.6 Å². The van der Waals surface area contributed by atoms with Crippen molar-refractivity contribution in [1.82, 2.24) is 14.7 Å². The Morgan fingerprint density at radius 1 is 1.16 bits per heavy atom. The molecule has 1 unspecified atom stereocenters. The van der Waals surface area contributed by atoms with E-state index in [1.54, 1.807) is 25.3 Å². The van der Waals surface area contributed by atoms with Gasteiger partial charge in [-0.15, -0.1) is 0 Å². The number of hydrogen-bond donors (Lipinski definition) is 1. The van der Waals surface area contributed by atoms with E-state index in [2.05, 4.69) is 29.9 Å². The molecule has 0 spiro atoms. The Balaban J connectivity index is 1.48. The van der Waals surface area contributed by atoms with Crippen molar-refractivity contribution in [2.24, 2.45) is 5.92 Å². The summed E-state index contributed by atoms with van der Waals surface area (Å²) < 4.78 is 21.8. The Hall–Kier alpha value is -3.72. The van der Waals surface area contributed by atoms with E-state index < -0.39 is 11.9 Å². The number of halogens is 1. The van der Waals surface area contributed by atoms with Gasteiger partial charge in [-0.05, 0) is 73.2 Å². The molecule has 3 aromatic rings. The minimum atomic E-state index is -0.858. The van der Waals surface area contributed by atoms with Crippen molar-refractivity contribution in [3.05, 3.63) is 77.4 Å². The summed E-state index contributed by atoms with van der Waals surface area (Å²) in [6.07, 6.45) is 8.42. The third-order valence-corrected chi connectivity index (χ3v) is 9.02. The fraction of sp³-hybridized carbons (Fsp3) is 0.500. The highest BCUT2D eigenvalue weighted by molar-refractivity contribution is 5.95. The van der Waals surface area contributed by atoms with E-state index in [0.29, 0.717) is 37.4 Å². The van der Waals surface area contributed by atoms with Crippen molar-refractivity contribution < 1.29 is 23.8 Å². The van der Waals surface area contributed by atoms with Crippen molar-refractivity contribution in [2.75, 3.05) is 24.6 Å². The molecule has 0 aliphatic carbocycles. The third-order valence-electron chi connectivity index (χ3n) is 9.02. The smallest absolute Gasteiger partial charge is 0.308 e. The van der Waals surface area contributed by atoms with Crippen LogP contribution >= 0.6 is 0 Å². The summed E-state index contributed by atoms with van der Waals surface area (Å²) in [5, 5.41) is 14.9. The average Bonchev–Trinajstić information content (AvgIpc) is 3.74. The van der Waals surface area contributed by atoms with Crippen LogP contribution in [0.2, 0.25) is 0 Å². The van der Waals surface area contributed by atoms with Crippen molar-refractivity contribution in [3.8, 4) is 5.75 Å². The van der Waals surface area contributed by atoms with Gasteiger partial charge in [0.1, 0.15) is 11.6 Å². The van der Waals surface area contributed by atoms with Gasteiger partial charge in [-0.3, -0.25) is 19.2 Å². The Morgan fingerprint density at radius 2 is 1.95 bits per heavy atom. The third kappa shape index (κ3) is 6.77. The predicted molar refractivity (Wildman–Crippen MR) is 164 cm³/mol. The topological polar surface area (TPSA) is 87.9 Å². The number of fused-ring (bicyclic) bond motifs is 1. The van der Waals surface area contributed by atoms with Gasteiger partial charge in [0.25, 0.3) is 0 Å². The molecule has 5 rings (SSSR count). The van der Waals surface area contributed by atoms with Gasteiger partial charge in [-0.1, -0.05) is 38.8 Å². The number of hydrogen-bond acceptors (Lipinski definition) is 5. The van der Waals surface area contributed by atoms with Gasteiger partial charge >= 0.3 is 5.97 Å². The molecular formula is C34H43FN4O4. The normalized spacial score (nSPS) is 19.9. The Bertz CT molecular complexity index is 1410. The van der Waals surface area contributed by atoms with Gasteiger partial charge in [0.2, 0.25) is 5.91 Å². The molecule has 2 aliphatic heterocycles. The first-order valence-electron chi connectivity index (χ1n) is 15.6. The number of amides is 1. The maximum absolute atomic E-state index is 14.3. The number of aryl methyl sites for hydroxylation is 2.